The first-order valence-corrected chi connectivity index (χ1v) is 5.26. The standard InChI is InChI=1S/C13H11FN2O2/c1-16(10-3-2-4-11(17)7-10)13(18)12-6-5-9(14)8-15-12/h2-8,17H,1H3. The van der Waals surface area contributed by atoms with Gasteiger partial charge in [-0.05, 0) is 24.3 Å². The zero-order valence-electron chi connectivity index (χ0n) is 9.67. The second-order valence-electron chi connectivity index (χ2n) is 3.75. The van der Waals surface area contributed by atoms with E-state index in [0.29, 0.717) is 5.69 Å². The zero-order chi connectivity index (χ0) is 13.1. The third kappa shape index (κ3) is 2.45. The lowest BCUT2D eigenvalue weighted by atomic mass is 10.2. The number of phenols is 1. The van der Waals surface area contributed by atoms with Gasteiger partial charge in [0.2, 0.25) is 0 Å². The zero-order valence-corrected chi connectivity index (χ0v) is 9.67. The highest BCUT2D eigenvalue weighted by molar-refractivity contribution is 6.04. The van der Waals surface area contributed by atoms with Crippen LogP contribution in [0.15, 0.2) is 42.6 Å². The van der Waals surface area contributed by atoms with Gasteiger partial charge in [0.25, 0.3) is 5.91 Å². The van der Waals surface area contributed by atoms with Crippen molar-refractivity contribution in [2.75, 3.05) is 11.9 Å². The topological polar surface area (TPSA) is 53.4 Å². The number of aromatic nitrogens is 1. The number of carbonyl (C=O) groups excluding carboxylic acids is 1. The van der Waals surface area contributed by atoms with E-state index in [9.17, 15) is 14.3 Å². The second kappa shape index (κ2) is 4.83. The Morgan fingerprint density at radius 3 is 2.72 bits per heavy atom. The van der Waals surface area contributed by atoms with E-state index in [1.165, 1.54) is 29.2 Å². The number of benzene rings is 1. The molecule has 4 nitrogen and oxygen atoms in total. The molecule has 0 saturated carbocycles. The molecule has 2 rings (SSSR count). The van der Waals surface area contributed by atoms with Crippen molar-refractivity contribution in [2.24, 2.45) is 0 Å². The van der Waals surface area contributed by atoms with E-state index in [2.05, 4.69) is 4.98 Å². The molecule has 18 heavy (non-hydrogen) atoms. The van der Waals surface area contributed by atoms with Crippen LogP contribution in [0.25, 0.3) is 0 Å². The number of halogens is 1. The van der Waals surface area contributed by atoms with Crippen LogP contribution in [-0.4, -0.2) is 23.0 Å². The minimum Gasteiger partial charge on any atom is -0.508 e. The van der Waals surface area contributed by atoms with Crippen LogP contribution in [0.2, 0.25) is 0 Å². The van der Waals surface area contributed by atoms with Gasteiger partial charge >= 0.3 is 0 Å². The Hall–Kier alpha value is -2.43. The van der Waals surface area contributed by atoms with Gasteiger partial charge in [0.1, 0.15) is 17.3 Å². The van der Waals surface area contributed by atoms with E-state index in [4.69, 9.17) is 0 Å². The Labute approximate surface area is 103 Å². The Kier molecular flexibility index (Phi) is 3.23. The summed E-state index contributed by atoms with van der Waals surface area (Å²) < 4.78 is 12.7. The Morgan fingerprint density at radius 1 is 1.33 bits per heavy atom. The Bertz CT molecular complexity index is 569. The van der Waals surface area contributed by atoms with Crippen LogP contribution < -0.4 is 4.90 Å². The predicted octanol–water partition coefficient (Wildman–Crippen LogP) is 2.20. The first-order valence-electron chi connectivity index (χ1n) is 5.26. The molecule has 1 N–H and O–H groups in total. The van der Waals surface area contributed by atoms with Gasteiger partial charge in [-0.1, -0.05) is 6.07 Å². The molecule has 1 heterocycles. The lowest BCUT2D eigenvalue weighted by Crippen LogP contribution is -2.26. The molecule has 0 radical (unpaired) electrons. The van der Waals surface area contributed by atoms with Crippen molar-refractivity contribution >= 4 is 11.6 Å². The highest BCUT2D eigenvalue weighted by atomic mass is 19.1. The van der Waals surface area contributed by atoms with Crippen molar-refractivity contribution in [1.82, 2.24) is 4.98 Å². The molecule has 0 bridgehead atoms. The maximum Gasteiger partial charge on any atom is 0.276 e. The van der Waals surface area contributed by atoms with Crippen LogP contribution in [0.3, 0.4) is 0 Å². The summed E-state index contributed by atoms with van der Waals surface area (Å²) in [5, 5.41) is 9.35. The fourth-order valence-electron chi connectivity index (χ4n) is 1.49. The van der Waals surface area contributed by atoms with Gasteiger partial charge in [-0.3, -0.25) is 4.79 Å². The molecule has 0 aliphatic rings. The van der Waals surface area contributed by atoms with Gasteiger partial charge in [0.05, 0.1) is 6.20 Å². The van der Waals surface area contributed by atoms with Gasteiger partial charge in [-0.25, -0.2) is 9.37 Å². The summed E-state index contributed by atoms with van der Waals surface area (Å²) in [6, 6.07) is 8.78. The third-order valence-electron chi connectivity index (χ3n) is 2.47. The van der Waals surface area contributed by atoms with Crippen LogP contribution in [0.4, 0.5) is 10.1 Å². The number of aromatic hydroxyl groups is 1. The predicted molar refractivity (Wildman–Crippen MR) is 65.0 cm³/mol. The number of amides is 1. The van der Waals surface area contributed by atoms with E-state index >= 15 is 0 Å². The SMILES string of the molecule is CN(C(=O)c1ccc(F)cn1)c1cccc(O)c1. The second-order valence-corrected chi connectivity index (χ2v) is 3.75. The molecular weight excluding hydrogens is 235 g/mol. The summed E-state index contributed by atoms with van der Waals surface area (Å²) in [4.78, 5) is 17.1. The Morgan fingerprint density at radius 2 is 2.11 bits per heavy atom. The summed E-state index contributed by atoms with van der Waals surface area (Å²) in [5.41, 5.74) is 0.674. The van der Waals surface area contributed by atoms with E-state index in [-0.39, 0.29) is 17.4 Å². The maximum atomic E-state index is 12.7. The van der Waals surface area contributed by atoms with Crippen molar-refractivity contribution in [3.05, 3.63) is 54.1 Å². The first-order chi connectivity index (χ1) is 8.58. The molecule has 0 atom stereocenters. The van der Waals surface area contributed by atoms with Gasteiger partial charge in [-0.2, -0.15) is 0 Å². The van der Waals surface area contributed by atoms with Crippen LogP contribution in [0.1, 0.15) is 10.5 Å². The first kappa shape index (κ1) is 12.0. The number of carbonyl (C=O) groups is 1. The van der Waals surface area contributed by atoms with Gasteiger partial charge in [0.15, 0.2) is 0 Å². The van der Waals surface area contributed by atoms with E-state index in [1.807, 2.05) is 0 Å². The van der Waals surface area contributed by atoms with Crippen LogP contribution in [0, 0.1) is 5.82 Å². The molecule has 2 aromatic rings. The number of hydrogen-bond donors (Lipinski definition) is 1. The van der Waals surface area contributed by atoms with Gasteiger partial charge in [0, 0.05) is 18.8 Å². The third-order valence-corrected chi connectivity index (χ3v) is 2.47. The van der Waals surface area contributed by atoms with Crippen molar-refractivity contribution in [2.45, 2.75) is 0 Å². The molecular formula is C13H11FN2O2. The summed E-state index contributed by atoms with van der Waals surface area (Å²) in [5.74, 6) is -0.800. The fraction of sp³-hybridized carbons (Fsp3) is 0.0769. The highest BCUT2D eigenvalue weighted by Gasteiger charge is 2.14. The molecule has 1 amide bonds. The minimum atomic E-state index is -0.494. The molecule has 0 spiro atoms. The van der Waals surface area contributed by atoms with Crippen LogP contribution >= 0.6 is 0 Å². The number of pyridine rings is 1. The molecule has 0 aliphatic carbocycles. The lowest BCUT2D eigenvalue weighted by molar-refractivity contribution is 0.0988. The summed E-state index contributed by atoms with van der Waals surface area (Å²) in [6.45, 7) is 0. The summed E-state index contributed by atoms with van der Waals surface area (Å²) >= 11 is 0. The number of anilines is 1. The normalized spacial score (nSPS) is 10.1. The van der Waals surface area contributed by atoms with Gasteiger partial charge < -0.3 is 10.0 Å². The average Bonchev–Trinajstić information content (AvgIpc) is 2.38. The van der Waals surface area contributed by atoms with Gasteiger partial charge in [-0.15, -0.1) is 0 Å². The monoisotopic (exact) mass is 246 g/mol. The maximum absolute atomic E-state index is 12.7. The molecule has 1 aromatic carbocycles. The van der Waals surface area contributed by atoms with E-state index in [1.54, 1.807) is 19.2 Å². The van der Waals surface area contributed by atoms with Crippen molar-refractivity contribution in [1.29, 1.82) is 0 Å². The van der Waals surface area contributed by atoms with Crippen molar-refractivity contribution in [3.63, 3.8) is 0 Å². The van der Waals surface area contributed by atoms with Crippen molar-refractivity contribution < 1.29 is 14.3 Å². The lowest BCUT2D eigenvalue weighted by Gasteiger charge is -2.16. The average molecular weight is 246 g/mol. The molecule has 0 unspecified atom stereocenters. The van der Waals surface area contributed by atoms with Crippen LogP contribution in [0.5, 0.6) is 5.75 Å². The summed E-state index contributed by atoms with van der Waals surface area (Å²) in [6.07, 6.45) is 0.990. The molecule has 5 heteroatoms. The van der Waals surface area contributed by atoms with E-state index < -0.39 is 5.82 Å². The number of phenolic OH excluding ortho intramolecular Hbond substituents is 1. The van der Waals surface area contributed by atoms with Crippen molar-refractivity contribution in [3.8, 4) is 5.75 Å². The highest BCUT2D eigenvalue weighted by Crippen LogP contribution is 2.20. The molecule has 92 valence electrons. The molecule has 0 aliphatic heterocycles. The smallest absolute Gasteiger partial charge is 0.276 e. The molecule has 1 aromatic heterocycles. The quantitative estimate of drug-likeness (QED) is 0.883. The summed E-state index contributed by atoms with van der Waals surface area (Å²) in [7, 11) is 1.56. The van der Waals surface area contributed by atoms with Crippen LogP contribution in [-0.2, 0) is 0 Å². The molecule has 0 fully saturated rings. The Balaban J connectivity index is 2.26. The minimum absolute atomic E-state index is 0.0687. The largest absolute Gasteiger partial charge is 0.508 e. The number of nitrogens with zero attached hydrogens (tertiary/aromatic N) is 2. The number of hydrogen-bond acceptors (Lipinski definition) is 3. The number of rotatable bonds is 2. The van der Waals surface area contributed by atoms with E-state index in [0.717, 1.165) is 6.20 Å². The fourth-order valence-corrected chi connectivity index (χ4v) is 1.49. The molecule has 0 saturated heterocycles.